The Morgan fingerprint density at radius 1 is 0.905 bits per heavy atom. The van der Waals surface area contributed by atoms with Crippen LogP contribution in [0.25, 0.3) is 0 Å². The van der Waals surface area contributed by atoms with E-state index in [0.29, 0.717) is 6.61 Å². The zero-order valence-corrected chi connectivity index (χ0v) is 12.7. The maximum Gasteiger partial charge on any atom is 0.161 e. The van der Waals surface area contributed by atoms with E-state index in [1.54, 1.807) is 14.2 Å². The van der Waals surface area contributed by atoms with Crippen LogP contribution in [-0.2, 0) is 6.54 Å². The number of ether oxygens (including phenoxy) is 3. The Hall–Kier alpha value is -2.36. The zero-order valence-electron chi connectivity index (χ0n) is 12.7. The van der Waals surface area contributed by atoms with Crippen molar-refractivity contribution in [1.82, 2.24) is 0 Å². The van der Waals surface area contributed by atoms with Crippen LogP contribution < -0.4 is 19.5 Å². The molecular formula is C17H21NO3. The van der Waals surface area contributed by atoms with Crippen molar-refractivity contribution in [1.29, 1.82) is 0 Å². The quantitative estimate of drug-likeness (QED) is 0.842. The predicted octanol–water partition coefficient (Wildman–Crippen LogP) is 3.71. The van der Waals surface area contributed by atoms with Gasteiger partial charge in [0.1, 0.15) is 5.75 Å². The van der Waals surface area contributed by atoms with Gasteiger partial charge in [-0.15, -0.1) is 0 Å². The van der Waals surface area contributed by atoms with E-state index in [4.69, 9.17) is 14.2 Å². The first-order valence-electron chi connectivity index (χ1n) is 6.94. The molecule has 4 heteroatoms. The van der Waals surface area contributed by atoms with Gasteiger partial charge in [0.15, 0.2) is 11.5 Å². The van der Waals surface area contributed by atoms with Gasteiger partial charge in [-0.1, -0.05) is 6.07 Å². The molecule has 0 radical (unpaired) electrons. The van der Waals surface area contributed by atoms with Crippen molar-refractivity contribution in [2.75, 3.05) is 26.1 Å². The van der Waals surface area contributed by atoms with E-state index in [1.807, 2.05) is 49.4 Å². The minimum Gasteiger partial charge on any atom is -0.497 e. The highest BCUT2D eigenvalue weighted by Gasteiger charge is 2.05. The fourth-order valence-electron chi connectivity index (χ4n) is 2.01. The molecule has 0 fully saturated rings. The minimum atomic E-state index is 0.625. The number of hydrogen-bond donors (Lipinski definition) is 1. The monoisotopic (exact) mass is 287 g/mol. The zero-order chi connectivity index (χ0) is 15.1. The van der Waals surface area contributed by atoms with Crippen molar-refractivity contribution < 1.29 is 14.2 Å². The second-order valence-electron chi connectivity index (χ2n) is 4.50. The molecule has 0 aliphatic heterocycles. The van der Waals surface area contributed by atoms with Crippen molar-refractivity contribution >= 4 is 5.69 Å². The van der Waals surface area contributed by atoms with Crippen LogP contribution in [0.5, 0.6) is 17.2 Å². The van der Waals surface area contributed by atoms with E-state index < -0.39 is 0 Å². The lowest BCUT2D eigenvalue weighted by Crippen LogP contribution is -2.01. The van der Waals surface area contributed by atoms with Crippen LogP contribution in [0.1, 0.15) is 12.5 Å². The summed E-state index contributed by atoms with van der Waals surface area (Å²) < 4.78 is 16.0. The van der Waals surface area contributed by atoms with E-state index in [-0.39, 0.29) is 0 Å². The third-order valence-corrected chi connectivity index (χ3v) is 3.11. The van der Waals surface area contributed by atoms with Gasteiger partial charge in [0.25, 0.3) is 0 Å². The summed E-state index contributed by atoms with van der Waals surface area (Å²) in [7, 11) is 3.31. The molecule has 0 aliphatic carbocycles. The molecule has 0 heterocycles. The summed E-state index contributed by atoms with van der Waals surface area (Å²) in [5, 5.41) is 3.36. The third-order valence-electron chi connectivity index (χ3n) is 3.11. The fourth-order valence-corrected chi connectivity index (χ4v) is 2.01. The highest BCUT2D eigenvalue weighted by molar-refractivity contribution is 5.48. The third kappa shape index (κ3) is 4.05. The average molecular weight is 287 g/mol. The Morgan fingerprint density at radius 2 is 1.67 bits per heavy atom. The van der Waals surface area contributed by atoms with E-state index in [2.05, 4.69) is 5.32 Å². The molecule has 2 aromatic rings. The van der Waals surface area contributed by atoms with Gasteiger partial charge < -0.3 is 19.5 Å². The Bertz CT molecular complexity index is 567. The number of methoxy groups -OCH3 is 2. The molecule has 0 aromatic heterocycles. The second kappa shape index (κ2) is 7.43. The highest BCUT2D eigenvalue weighted by atomic mass is 16.5. The largest absolute Gasteiger partial charge is 0.497 e. The van der Waals surface area contributed by atoms with E-state index in [0.717, 1.165) is 35.0 Å². The van der Waals surface area contributed by atoms with E-state index >= 15 is 0 Å². The Labute approximate surface area is 125 Å². The Balaban J connectivity index is 2.01. The average Bonchev–Trinajstić information content (AvgIpc) is 2.54. The van der Waals surface area contributed by atoms with Gasteiger partial charge in [0.2, 0.25) is 0 Å². The van der Waals surface area contributed by atoms with Gasteiger partial charge in [-0.05, 0) is 48.9 Å². The van der Waals surface area contributed by atoms with Gasteiger partial charge in [-0.25, -0.2) is 0 Å². The van der Waals surface area contributed by atoms with Crippen molar-refractivity contribution in [3.8, 4) is 17.2 Å². The standard InChI is InChI=1S/C17H21NO3/c1-4-21-16-10-5-13(11-17(16)20-3)12-18-14-6-8-15(19-2)9-7-14/h5-11,18H,4,12H2,1-3H3. The summed E-state index contributed by atoms with van der Waals surface area (Å²) in [5.41, 5.74) is 2.18. The molecule has 4 nitrogen and oxygen atoms in total. The Morgan fingerprint density at radius 3 is 2.29 bits per heavy atom. The molecule has 1 N–H and O–H groups in total. The lowest BCUT2D eigenvalue weighted by molar-refractivity contribution is 0.310. The number of benzene rings is 2. The van der Waals surface area contributed by atoms with Crippen LogP contribution in [0, 0.1) is 0 Å². The topological polar surface area (TPSA) is 39.7 Å². The smallest absolute Gasteiger partial charge is 0.161 e. The second-order valence-corrected chi connectivity index (χ2v) is 4.50. The van der Waals surface area contributed by atoms with Crippen molar-refractivity contribution in [3.05, 3.63) is 48.0 Å². The molecule has 2 aromatic carbocycles. The molecule has 0 atom stereocenters. The summed E-state index contributed by atoms with van der Waals surface area (Å²) in [6.07, 6.45) is 0. The molecule has 0 aliphatic rings. The van der Waals surface area contributed by atoms with Gasteiger partial charge in [0, 0.05) is 12.2 Å². The highest BCUT2D eigenvalue weighted by Crippen LogP contribution is 2.28. The lowest BCUT2D eigenvalue weighted by atomic mass is 10.2. The van der Waals surface area contributed by atoms with Gasteiger partial charge in [-0.2, -0.15) is 0 Å². The van der Waals surface area contributed by atoms with Gasteiger partial charge >= 0.3 is 0 Å². The van der Waals surface area contributed by atoms with Crippen LogP contribution in [0.15, 0.2) is 42.5 Å². The van der Waals surface area contributed by atoms with Crippen LogP contribution >= 0.6 is 0 Å². The normalized spacial score (nSPS) is 10.0. The molecular weight excluding hydrogens is 266 g/mol. The summed E-state index contributed by atoms with van der Waals surface area (Å²) in [5.74, 6) is 2.38. The maximum atomic E-state index is 5.51. The maximum absolute atomic E-state index is 5.51. The van der Waals surface area contributed by atoms with Crippen LogP contribution in [0.3, 0.4) is 0 Å². The van der Waals surface area contributed by atoms with Crippen molar-refractivity contribution in [2.45, 2.75) is 13.5 Å². The number of hydrogen-bond acceptors (Lipinski definition) is 4. The molecule has 0 saturated carbocycles. The molecule has 2 rings (SSSR count). The SMILES string of the molecule is CCOc1ccc(CNc2ccc(OC)cc2)cc1OC. The number of anilines is 1. The first-order chi connectivity index (χ1) is 10.3. The molecule has 0 unspecified atom stereocenters. The predicted molar refractivity (Wildman–Crippen MR) is 84.5 cm³/mol. The Kier molecular flexibility index (Phi) is 5.32. The van der Waals surface area contributed by atoms with Crippen molar-refractivity contribution in [2.24, 2.45) is 0 Å². The fraction of sp³-hybridized carbons (Fsp3) is 0.294. The lowest BCUT2D eigenvalue weighted by Gasteiger charge is -2.12. The number of rotatable bonds is 7. The van der Waals surface area contributed by atoms with Crippen LogP contribution in [-0.4, -0.2) is 20.8 Å². The molecule has 0 saturated heterocycles. The molecule has 21 heavy (non-hydrogen) atoms. The van der Waals surface area contributed by atoms with Crippen LogP contribution in [0.2, 0.25) is 0 Å². The van der Waals surface area contributed by atoms with Crippen LogP contribution in [0.4, 0.5) is 5.69 Å². The van der Waals surface area contributed by atoms with E-state index in [1.165, 1.54) is 0 Å². The van der Waals surface area contributed by atoms with E-state index in [9.17, 15) is 0 Å². The first-order valence-corrected chi connectivity index (χ1v) is 6.94. The summed E-state index contributed by atoms with van der Waals surface area (Å²) in [6.45, 7) is 3.30. The van der Waals surface area contributed by atoms with Crippen molar-refractivity contribution in [3.63, 3.8) is 0 Å². The van der Waals surface area contributed by atoms with Gasteiger partial charge in [0.05, 0.1) is 20.8 Å². The molecule has 112 valence electrons. The summed E-state index contributed by atoms with van der Waals surface area (Å²) in [4.78, 5) is 0. The molecule has 0 bridgehead atoms. The molecule has 0 amide bonds. The molecule has 0 spiro atoms. The number of nitrogens with one attached hydrogen (secondary N) is 1. The van der Waals surface area contributed by atoms with Gasteiger partial charge in [-0.3, -0.25) is 0 Å². The minimum absolute atomic E-state index is 0.625. The first kappa shape index (κ1) is 15.0. The summed E-state index contributed by atoms with van der Waals surface area (Å²) in [6, 6.07) is 13.8. The summed E-state index contributed by atoms with van der Waals surface area (Å²) >= 11 is 0.